The van der Waals surface area contributed by atoms with Gasteiger partial charge in [-0.2, -0.15) is 0 Å². The van der Waals surface area contributed by atoms with Gasteiger partial charge in [0.05, 0.1) is 5.69 Å². The molecule has 8 nitrogen and oxygen atoms in total. The van der Waals surface area contributed by atoms with Gasteiger partial charge in [0.25, 0.3) is 0 Å². The van der Waals surface area contributed by atoms with Gasteiger partial charge in [-0.1, -0.05) is 54.1 Å². The number of benzene rings is 2. The Balaban J connectivity index is 1.32. The third-order valence-corrected chi connectivity index (χ3v) is 8.02. The summed E-state index contributed by atoms with van der Waals surface area (Å²) in [5, 5.41) is 4.60. The van der Waals surface area contributed by atoms with E-state index in [0.29, 0.717) is 50.6 Å². The summed E-state index contributed by atoms with van der Waals surface area (Å²) in [5.41, 5.74) is 5.83. The van der Waals surface area contributed by atoms with E-state index in [0.717, 1.165) is 39.0 Å². The number of amides is 2. The van der Waals surface area contributed by atoms with Crippen molar-refractivity contribution in [1.82, 2.24) is 20.2 Å². The van der Waals surface area contributed by atoms with Crippen LogP contribution in [0.2, 0.25) is 5.02 Å². The van der Waals surface area contributed by atoms with Gasteiger partial charge in [-0.25, -0.2) is 9.78 Å². The zero-order valence-electron chi connectivity index (χ0n) is 25.3. The molecule has 4 aromatic rings. The first-order valence-corrected chi connectivity index (χ1v) is 15.2. The van der Waals surface area contributed by atoms with Gasteiger partial charge in [-0.15, -0.1) is 0 Å². The normalized spacial score (nSPS) is 14.5. The third-order valence-electron chi connectivity index (χ3n) is 7.77. The van der Waals surface area contributed by atoms with Crippen LogP contribution in [-0.4, -0.2) is 65.2 Å². The standard InChI is InChI=1S/C34H40ClN5O3/c1-23-21-37-31-29(23)30(28(22-38-31)25-8-6-5-7-9-25)39-16-18-40(19-17-39)32(41)26(20-24-10-12-27(35)13-11-24)14-15-36-33(42)43-34(2,3)4/h5-13,21-22,26H,14-20H2,1-4H3,(H,36,42)(H,37,38). The molecule has 0 bridgehead atoms. The number of pyridine rings is 1. The highest BCUT2D eigenvalue weighted by Crippen LogP contribution is 2.38. The number of carbonyl (C=O) groups excluding carboxylic acids is 2. The first-order chi connectivity index (χ1) is 20.6. The second kappa shape index (κ2) is 13.1. The number of nitrogens with one attached hydrogen (secondary N) is 2. The molecule has 0 spiro atoms. The number of hydrogen-bond donors (Lipinski definition) is 2. The fraction of sp³-hybridized carbons (Fsp3) is 0.382. The number of anilines is 1. The third kappa shape index (κ3) is 7.49. The van der Waals surface area contributed by atoms with Gasteiger partial charge in [0.15, 0.2) is 0 Å². The predicted octanol–water partition coefficient (Wildman–Crippen LogP) is 6.61. The lowest BCUT2D eigenvalue weighted by atomic mass is 9.94. The summed E-state index contributed by atoms with van der Waals surface area (Å²) in [5.74, 6) is -0.191. The molecule has 226 valence electrons. The predicted molar refractivity (Wildman–Crippen MR) is 173 cm³/mol. The number of aromatic amines is 1. The summed E-state index contributed by atoms with van der Waals surface area (Å²) < 4.78 is 5.38. The van der Waals surface area contributed by atoms with Gasteiger partial charge >= 0.3 is 6.09 Å². The zero-order chi connectivity index (χ0) is 30.6. The summed E-state index contributed by atoms with van der Waals surface area (Å²) in [4.78, 5) is 38.6. The minimum atomic E-state index is -0.581. The van der Waals surface area contributed by atoms with Crippen molar-refractivity contribution in [3.05, 3.63) is 83.1 Å². The molecule has 1 fully saturated rings. The Hall–Kier alpha value is -4.04. The van der Waals surface area contributed by atoms with E-state index in [1.54, 1.807) is 0 Å². The maximum absolute atomic E-state index is 14.0. The van der Waals surface area contributed by atoms with Crippen LogP contribution in [-0.2, 0) is 16.0 Å². The van der Waals surface area contributed by atoms with Crippen LogP contribution < -0.4 is 10.2 Å². The van der Waals surface area contributed by atoms with E-state index >= 15 is 0 Å². The molecule has 43 heavy (non-hydrogen) atoms. The Morgan fingerprint density at radius 3 is 2.42 bits per heavy atom. The van der Waals surface area contributed by atoms with Gasteiger partial charge in [0, 0.05) is 67.0 Å². The number of aromatic nitrogens is 2. The number of aryl methyl sites for hydroxylation is 1. The largest absolute Gasteiger partial charge is 0.444 e. The summed E-state index contributed by atoms with van der Waals surface area (Å²) in [7, 11) is 0. The number of H-pyrrole nitrogens is 1. The Morgan fingerprint density at radius 2 is 1.74 bits per heavy atom. The zero-order valence-corrected chi connectivity index (χ0v) is 26.1. The van der Waals surface area contributed by atoms with E-state index in [2.05, 4.69) is 34.3 Å². The Kier molecular flexibility index (Phi) is 9.25. The number of hydrogen-bond acceptors (Lipinski definition) is 5. The molecular weight excluding hydrogens is 562 g/mol. The van der Waals surface area contributed by atoms with E-state index in [1.807, 2.05) is 80.5 Å². The monoisotopic (exact) mass is 601 g/mol. The lowest BCUT2D eigenvalue weighted by Gasteiger charge is -2.38. The van der Waals surface area contributed by atoms with Crippen LogP contribution >= 0.6 is 11.6 Å². The molecular formula is C34H40ClN5O3. The van der Waals surface area contributed by atoms with Crippen LogP contribution in [0.5, 0.6) is 0 Å². The van der Waals surface area contributed by atoms with Crippen LogP contribution in [0.25, 0.3) is 22.2 Å². The van der Waals surface area contributed by atoms with E-state index in [4.69, 9.17) is 21.3 Å². The average molecular weight is 602 g/mol. The van der Waals surface area contributed by atoms with E-state index in [-0.39, 0.29) is 11.8 Å². The summed E-state index contributed by atoms with van der Waals surface area (Å²) in [6, 6.07) is 17.9. The molecule has 5 rings (SSSR count). The maximum atomic E-state index is 14.0. The van der Waals surface area contributed by atoms with E-state index in [9.17, 15) is 9.59 Å². The number of carbonyl (C=O) groups is 2. The highest BCUT2D eigenvalue weighted by Gasteiger charge is 2.30. The Labute approximate surface area is 258 Å². The van der Waals surface area contributed by atoms with E-state index < -0.39 is 11.7 Å². The van der Waals surface area contributed by atoms with Gasteiger partial charge in [0.2, 0.25) is 5.91 Å². The highest BCUT2D eigenvalue weighted by atomic mass is 35.5. The number of ether oxygens (including phenoxy) is 1. The molecule has 1 atom stereocenters. The summed E-state index contributed by atoms with van der Waals surface area (Å²) >= 11 is 6.11. The average Bonchev–Trinajstić information content (AvgIpc) is 3.37. The van der Waals surface area contributed by atoms with Gasteiger partial charge in [-0.05, 0) is 69.4 Å². The van der Waals surface area contributed by atoms with Crippen molar-refractivity contribution in [3.8, 4) is 11.1 Å². The maximum Gasteiger partial charge on any atom is 0.407 e. The van der Waals surface area contributed by atoms with Crippen LogP contribution in [0, 0.1) is 12.8 Å². The number of piperazine rings is 1. The fourth-order valence-corrected chi connectivity index (χ4v) is 5.81. The number of nitrogens with zero attached hydrogens (tertiary/aromatic N) is 3. The first-order valence-electron chi connectivity index (χ1n) is 14.9. The van der Waals surface area contributed by atoms with Crippen molar-refractivity contribution in [3.63, 3.8) is 0 Å². The number of fused-ring (bicyclic) bond motifs is 1. The number of rotatable bonds is 8. The molecule has 1 aliphatic rings. The van der Waals surface area contributed by atoms with Crippen molar-refractivity contribution in [2.75, 3.05) is 37.6 Å². The van der Waals surface area contributed by atoms with Gasteiger partial charge in [-0.3, -0.25) is 4.79 Å². The lowest BCUT2D eigenvalue weighted by Crippen LogP contribution is -2.51. The Bertz CT molecular complexity index is 1550. The molecule has 0 aliphatic carbocycles. The second-order valence-electron chi connectivity index (χ2n) is 12.1. The quantitative estimate of drug-likeness (QED) is 0.237. The van der Waals surface area contributed by atoms with E-state index in [1.165, 1.54) is 0 Å². The smallest absolute Gasteiger partial charge is 0.407 e. The van der Waals surface area contributed by atoms with Crippen LogP contribution in [0.15, 0.2) is 67.0 Å². The van der Waals surface area contributed by atoms with Gasteiger partial charge in [0.1, 0.15) is 11.2 Å². The minimum absolute atomic E-state index is 0.0987. The SMILES string of the molecule is Cc1c[nH]c2ncc(-c3ccccc3)c(N3CCN(C(=O)C(CCNC(=O)OC(C)(C)C)Cc4ccc(Cl)cc4)CC3)c12. The van der Waals surface area contributed by atoms with Crippen LogP contribution in [0.4, 0.5) is 10.5 Å². The minimum Gasteiger partial charge on any atom is -0.444 e. The molecule has 1 unspecified atom stereocenters. The summed E-state index contributed by atoms with van der Waals surface area (Å²) in [6.07, 6.45) is 4.55. The molecule has 0 saturated carbocycles. The lowest BCUT2D eigenvalue weighted by molar-refractivity contribution is -0.136. The molecule has 1 saturated heterocycles. The molecule has 0 radical (unpaired) electrons. The molecule has 2 N–H and O–H groups in total. The molecule has 2 amide bonds. The van der Waals surface area contributed by atoms with Gasteiger partial charge < -0.3 is 24.8 Å². The molecule has 2 aromatic heterocycles. The van der Waals surface area contributed by atoms with Crippen molar-refractivity contribution >= 4 is 40.3 Å². The van der Waals surface area contributed by atoms with Crippen molar-refractivity contribution in [2.45, 2.75) is 46.1 Å². The van der Waals surface area contributed by atoms with Crippen molar-refractivity contribution in [2.24, 2.45) is 5.92 Å². The number of alkyl carbamates (subject to hydrolysis) is 1. The molecule has 2 aromatic carbocycles. The van der Waals surface area contributed by atoms with Crippen molar-refractivity contribution < 1.29 is 14.3 Å². The van der Waals surface area contributed by atoms with Crippen LogP contribution in [0.1, 0.15) is 38.3 Å². The topological polar surface area (TPSA) is 90.6 Å². The Morgan fingerprint density at radius 1 is 1.05 bits per heavy atom. The number of halogens is 1. The van der Waals surface area contributed by atoms with Crippen LogP contribution in [0.3, 0.4) is 0 Å². The molecule has 9 heteroatoms. The highest BCUT2D eigenvalue weighted by molar-refractivity contribution is 6.30. The fourth-order valence-electron chi connectivity index (χ4n) is 5.68. The second-order valence-corrected chi connectivity index (χ2v) is 12.6. The van der Waals surface area contributed by atoms with Crippen molar-refractivity contribution in [1.29, 1.82) is 0 Å². The molecule has 1 aliphatic heterocycles. The summed E-state index contributed by atoms with van der Waals surface area (Å²) in [6.45, 7) is 10.6. The molecule has 3 heterocycles. The first kappa shape index (κ1) is 30.4.